The van der Waals surface area contributed by atoms with Crippen LogP contribution in [0.15, 0.2) is 47.9 Å². The van der Waals surface area contributed by atoms with Gasteiger partial charge in [0, 0.05) is 6.04 Å². The molecule has 5 nitrogen and oxygen atoms in total. The molecule has 0 saturated carbocycles. The molecule has 0 amide bonds. The van der Waals surface area contributed by atoms with Gasteiger partial charge in [0.2, 0.25) is 0 Å². The monoisotopic (exact) mass is 251 g/mol. The van der Waals surface area contributed by atoms with Crippen molar-refractivity contribution in [2.45, 2.75) is 18.0 Å². The standard InChI is InChI=1S/C11H13N3O2S/c1-9(10-5-3-2-4-6-10)14-17(15,16)11-7-12-8-13-11/h2-9,14H,1H3,(H,12,13)/t9-/m0/s1. The molecule has 1 heterocycles. The summed E-state index contributed by atoms with van der Waals surface area (Å²) in [5.74, 6) is 0. The molecule has 1 aromatic carbocycles. The molecule has 0 bridgehead atoms. The molecule has 0 aliphatic rings. The fourth-order valence-electron chi connectivity index (χ4n) is 1.50. The summed E-state index contributed by atoms with van der Waals surface area (Å²) in [5, 5.41) is 0.0697. The van der Waals surface area contributed by atoms with Gasteiger partial charge in [-0.1, -0.05) is 30.3 Å². The minimum Gasteiger partial charge on any atom is -0.335 e. The van der Waals surface area contributed by atoms with E-state index in [0.29, 0.717) is 0 Å². The molecule has 1 aromatic heterocycles. The minimum atomic E-state index is -3.53. The van der Waals surface area contributed by atoms with Gasteiger partial charge in [0.05, 0.1) is 12.5 Å². The molecule has 0 radical (unpaired) electrons. The SMILES string of the molecule is C[C@H](NS(=O)(=O)c1cnc[nH]1)c1ccccc1. The van der Waals surface area contributed by atoms with Crippen LogP contribution in [0, 0.1) is 0 Å². The highest BCUT2D eigenvalue weighted by Gasteiger charge is 2.19. The zero-order valence-corrected chi connectivity index (χ0v) is 10.1. The predicted octanol–water partition coefficient (Wildman–Crippen LogP) is 1.45. The van der Waals surface area contributed by atoms with E-state index < -0.39 is 10.0 Å². The lowest BCUT2D eigenvalue weighted by Crippen LogP contribution is -2.27. The van der Waals surface area contributed by atoms with Crippen molar-refractivity contribution < 1.29 is 8.42 Å². The number of nitrogens with zero attached hydrogens (tertiary/aromatic N) is 1. The van der Waals surface area contributed by atoms with E-state index in [1.165, 1.54) is 12.5 Å². The van der Waals surface area contributed by atoms with Gasteiger partial charge in [0.25, 0.3) is 10.0 Å². The number of aromatic amines is 1. The fourth-order valence-corrected chi connectivity index (χ4v) is 2.63. The summed E-state index contributed by atoms with van der Waals surface area (Å²) in [7, 11) is -3.53. The Morgan fingerprint density at radius 1 is 1.29 bits per heavy atom. The van der Waals surface area contributed by atoms with Crippen molar-refractivity contribution in [2.75, 3.05) is 0 Å². The molecule has 0 fully saturated rings. The van der Waals surface area contributed by atoms with E-state index in [9.17, 15) is 8.42 Å². The first-order valence-electron chi connectivity index (χ1n) is 5.15. The van der Waals surface area contributed by atoms with E-state index in [-0.39, 0.29) is 11.1 Å². The van der Waals surface area contributed by atoms with Crippen LogP contribution in [-0.2, 0) is 10.0 Å². The summed E-state index contributed by atoms with van der Waals surface area (Å²) in [6.07, 6.45) is 2.61. The van der Waals surface area contributed by atoms with Gasteiger partial charge >= 0.3 is 0 Å². The molecule has 0 unspecified atom stereocenters. The summed E-state index contributed by atoms with van der Waals surface area (Å²) >= 11 is 0. The molecular weight excluding hydrogens is 238 g/mol. The van der Waals surface area contributed by atoms with Gasteiger partial charge in [-0.15, -0.1) is 0 Å². The Bertz CT molecular complexity index is 564. The second kappa shape index (κ2) is 4.68. The zero-order valence-electron chi connectivity index (χ0n) is 9.29. The van der Waals surface area contributed by atoms with Crippen LogP contribution < -0.4 is 4.72 Å². The third-order valence-electron chi connectivity index (χ3n) is 2.39. The van der Waals surface area contributed by atoms with Crippen molar-refractivity contribution in [2.24, 2.45) is 0 Å². The quantitative estimate of drug-likeness (QED) is 0.863. The first kappa shape index (κ1) is 11.8. The van der Waals surface area contributed by atoms with Crippen LogP contribution in [0.1, 0.15) is 18.5 Å². The van der Waals surface area contributed by atoms with Gasteiger partial charge in [-0.05, 0) is 12.5 Å². The maximum Gasteiger partial charge on any atom is 0.258 e. The maximum absolute atomic E-state index is 11.9. The molecule has 0 aliphatic carbocycles. The molecule has 0 spiro atoms. The minimum absolute atomic E-state index is 0.0697. The summed E-state index contributed by atoms with van der Waals surface area (Å²) in [6.45, 7) is 1.79. The van der Waals surface area contributed by atoms with E-state index in [1.807, 2.05) is 30.3 Å². The van der Waals surface area contributed by atoms with Crippen LogP contribution in [0.5, 0.6) is 0 Å². The van der Waals surface area contributed by atoms with Crippen molar-refractivity contribution in [3.63, 3.8) is 0 Å². The molecule has 6 heteroatoms. The molecule has 2 N–H and O–H groups in total. The number of imidazole rings is 1. The molecule has 0 aliphatic heterocycles. The number of aromatic nitrogens is 2. The smallest absolute Gasteiger partial charge is 0.258 e. The summed E-state index contributed by atoms with van der Waals surface area (Å²) in [6, 6.07) is 9.09. The van der Waals surface area contributed by atoms with E-state index in [0.717, 1.165) is 5.56 Å². The lowest BCUT2D eigenvalue weighted by atomic mass is 10.1. The summed E-state index contributed by atoms with van der Waals surface area (Å²) < 4.78 is 26.4. The lowest BCUT2D eigenvalue weighted by molar-refractivity contribution is 0.564. The summed E-state index contributed by atoms with van der Waals surface area (Å²) in [4.78, 5) is 6.27. The highest BCUT2D eigenvalue weighted by Crippen LogP contribution is 2.14. The van der Waals surface area contributed by atoms with E-state index >= 15 is 0 Å². The van der Waals surface area contributed by atoms with Crippen LogP contribution in [0.4, 0.5) is 0 Å². The molecule has 90 valence electrons. The van der Waals surface area contributed by atoms with Crippen LogP contribution in [0.2, 0.25) is 0 Å². The number of H-pyrrole nitrogens is 1. The number of hydrogen-bond donors (Lipinski definition) is 2. The van der Waals surface area contributed by atoms with Gasteiger partial charge in [-0.3, -0.25) is 0 Å². The number of nitrogens with one attached hydrogen (secondary N) is 2. The third-order valence-corrected chi connectivity index (χ3v) is 3.86. The van der Waals surface area contributed by atoms with Crippen molar-refractivity contribution in [3.8, 4) is 0 Å². The van der Waals surface area contributed by atoms with Crippen LogP contribution in [0.25, 0.3) is 0 Å². The predicted molar refractivity (Wildman–Crippen MR) is 63.8 cm³/mol. The Balaban J connectivity index is 2.17. The average Bonchev–Trinajstić information content (AvgIpc) is 2.84. The van der Waals surface area contributed by atoms with E-state index in [1.54, 1.807) is 6.92 Å². The topological polar surface area (TPSA) is 74.8 Å². The Labute approximate surface area is 100.0 Å². The highest BCUT2D eigenvalue weighted by atomic mass is 32.2. The number of hydrogen-bond acceptors (Lipinski definition) is 3. The lowest BCUT2D eigenvalue weighted by Gasteiger charge is -2.13. The number of benzene rings is 1. The van der Waals surface area contributed by atoms with Crippen molar-refractivity contribution in [1.29, 1.82) is 0 Å². The summed E-state index contributed by atoms with van der Waals surface area (Å²) in [5.41, 5.74) is 0.913. The first-order valence-corrected chi connectivity index (χ1v) is 6.63. The van der Waals surface area contributed by atoms with Gasteiger partial charge in [-0.25, -0.2) is 18.1 Å². The molecule has 17 heavy (non-hydrogen) atoms. The first-order chi connectivity index (χ1) is 8.09. The van der Waals surface area contributed by atoms with Crippen LogP contribution in [0.3, 0.4) is 0 Å². The Hall–Kier alpha value is -1.66. The second-order valence-electron chi connectivity index (χ2n) is 3.67. The Kier molecular flexibility index (Phi) is 3.26. The molecular formula is C11H13N3O2S. The molecule has 1 atom stereocenters. The molecule has 2 rings (SSSR count). The van der Waals surface area contributed by atoms with Crippen LogP contribution >= 0.6 is 0 Å². The largest absolute Gasteiger partial charge is 0.335 e. The van der Waals surface area contributed by atoms with E-state index in [2.05, 4.69) is 14.7 Å². The fraction of sp³-hybridized carbons (Fsp3) is 0.182. The number of sulfonamides is 1. The van der Waals surface area contributed by atoms with Crippen molar-refractivity contribution in [1.82, 2.24) is 14.7 Å². The second-order valence-corrected chi connectivity index (χ2v) is 5.35. The van der Waals surface area contributed by atoms with Gasteiger partial charge in [0.1, 0.15) is 0 Å². The van der Waals surface area contributed by atoms with Gasteiger partial charge in [-0.2, -0.15) is 0 Å². The Morgan fingerprint density at radius 2 is 2.00 bits per heavy atom. The zero-order chi connectivity index (χ0) is 12.3. The molecule has 0 saturated heterocycles. The van der Waals surface area contributed by atoms with Crippen LogP contribution in [-0.4, -0.2) is 18.4 Å². The van der Waals surface area contributed by atoms with Gasteiger partial charge < -0.3 is 4.98 Å². The van der Waals surface area contributed by atoms with E-state index in [4.69, 9.17) is 0 Å². The normalized spacial score (nSPS) is 13.5. The maximum atomic E-state index is 11.9. The number of rotatable bonds is 4. The highest BCUT2D eigenvalue weighted by molar-refractivity contribution is 7.89. The van der Waals surface area contributed by atoms with Crippen molar-refractivity contribution in [3.05, 3.63) is 48.4 Å². The van der Waals surface area contributed by atoms with Crippen molar-refractivity contribution >= 4 is 10.0 Å². The van der Waals surface area contributed by atoms with Gasteiger partial charge in [0.15, 0.2) is 5.03 Å². The Morgan fingerprint density at radius 3 is 2.59 bits per heavy atom. The molecule has 2 aromatic rings. The average molecular weight is 251 g/mol. The third kappa shape index (κ3) is 2.72.